The number of hydrogen-bond donors (Lipinski definition) is 1. The van der Waals surface area contributed by atoms with Crippen LogP contribution < -0.4 is 5.73 Å². The number of esters is 1. The fourth-order valence-electron chi connectivity index (χ4n) is 0.316. The quantitative estimate of drug-likeness (QED) is 0.355. The van der Waals surface area contributed by atoms with E-state index in [2.05, 4.69) is 11.3 Å². The summed E-state index contributed by atoms with van der Waals surface area (Å²) >= 11 is 0. The van der Waals surface area contributed by atoms with Crippen LogP contribution in [0, 0.1) is 0 Å². The molecule has 56 valence electrons. The molecule has 0 saturated carbocycles. The van der Waals surface area contributed by atoms with Gasteiger partial charge in [0.05, 0.1) is 0 Å². The molecule has 0 bridgehead atoms. The molecule has 0 aromatic carbocycles. The van der Waals surface area contributed by atoms with E-state index in [9.17, 15) is 4.79 Å². The van der Waals surface area contributed by atoms with E-state index in [1.54, 1.807) is 6.92 Å². The first kappa shape index (κ1) is 8.75. The molecular weight excluding hydrogens is 130 g/mol. The first-order chi connectivity index (χ1) is 4.72. The predicted molar refractivity (Wildman–Crippen MR) is 39.1 cm³/mol. The Morgan fingerprint density at radius 3 is 2.80 bits per heavy atom. The van der Waals surface area contributed by atoms with E-state index < -0.39 is 5.97 Å². The minimum absolute atomic E-state index is 0.226. The van der Waals surface area contributed by atoms with Crippen LogP contribution in [0.3, 0.4) is 0 Å². The predicted octanol–water partition coefficient (Wildman–Crippen LogP) is 0.578. The molecule has 0 aromatic heterocycles. The SMILES string of the molecule is C=CCOC(=O)/C(C)=C/N. The lowest BCUT2D eigenvalue weighted by Gasteiger charge is -1.98. The van der Waals surface area contributed by atoms with Gasteiger partial charge in [-0.2, -0.15) is 0 Å². The largest absolute Gasteiger partial charge is 0.458 e. The van der Waals surface area contributed by atoms with Gasteiger partial charge in [0.25, 0.3) is 0 Å². The minimum Gasteiger partial charge on any atom is -0.458 e. The maximum Gasteiger partial charge on any atom is 0.335 e. The van der Waals surface area contributed by atoms with Crippen molar-refractivity contribution in [3.8, 4) is 0 Å². The molecule has 0 spiro atoms. The van der Waals surface area contributed by atoms with Crippen molar-refractivity contribution >= 4 is 5.97 Å². The van der Waals surface area contributed by atoms with Crippen LogP contribution in [0.25, 0.3) is 0 Å². The lowest BCUT2D eigenvalue weighted by Crippen LogP contribution is -2.06. The van der Waals surface area contributed by atoms with Crippen molar-refractivity contribution in [1.29, 1.82) is 0 Å². The van der Waals surface area contributed by atoms with Crippen LogP contribution in [0.4, 0.5) is 0 Å². The molecule has 10 heavy (non-hydrogen) atoms. The van der Waals surface area contributed by atoms with Crippen LogP contribution >= 0.6 is 0 Å². The molecule has 0 radical (unpaired) electrons. The Morgan fingerprint density at radius 1 is 1.80 bits per heavy atom. The second kappa shape index (κ2) is 4.61. The molecule has 3 nitrogen and oxygen atoms in total. The van der Waals surface area contributed by atoms with Gasteiger partial charge in [0.15, 0.2) is 0 Å². The van der Waals surface area contributed by atoms with E-state index in [4.69, 9.17) is 5.73 Å². The van der Waals surface area contributed by atoms with E-state index in [1.807, 2.05) is 0 Å². The van der Waals surface area contributed by atoms with Gasteiger partial charge in [0, 0.05) is 11.8 Å². The number of hydrogen-bond acceptors (Lipinski definition) is 3. The Balaban J connectivity index is 3.74. The van der Waals surface area contributed by atoms with Crippen LogP contribution in [-0.2, 0) is 9.53 Å². The Morgan fingerprint density at radius 2 is 2.40 bits per heavy atom. The molecule has 0 rings (SSSR count). The van der Waals surface area contributed by atoms with Gasteiger partial charge in [-0.3, -0.25) is 0 Å². The second-order valence-corrected chi connectivity index (χ2v) is 1.74. The molecule has 0 aliphatic carbocycles. The summed E-state index contributed by atoms with van der Waals surface area (Å²) in [5, 5.41) is 0. The fraction of sp³-hybridized carbons (Fsp3) is 0.286. The van der Waals surface area contributed by atoms with Gasteiger partial charge in [-0.1, -0.05) is 12.7 Å². The Labute approximate surface area is 60.2 Å². The van der Waals surface area contributed by atoms with Gasteiger partial charge in [-0.15, -0.1) is 0 Å². The lowest BCUT2D eigenvalue weighted by molar-refractivity contribution is -0.137. The summed E-state index contributed by atoms with van der Waals surface area (Å²) in [7, 11) is 0. The highest BCUT2D eigenvalue weighted by molar-refractivity contribution is 5.87. The lowest BCUT2D eigenvalue weighted by atomic mass is 10.3. The zero-order valence-electron chi connectivity index (χ0n) is 5.96. The van der Waals surface area contributed by atoms with Crippen LogP contribution in [0.1, 0.15) is 6.92 Å². The molecule has 0 heterocycles. The summed E-state index contributed by atoms with van der Waals surface area (Å²) in [5.41, 5.74) is 5.46. The number of carbonyl (C=O) groups excluding carboxylic acids is 1. The highest BCUT2D eigenvalue weighted by atomic mass is 16.5. The van der Waals surface area contributed by atoms with Crippen molar-refractivity contribution in [1.82, 2.24) is 0 Å². The average Bonchev–Trinajstić information content (AvgIpc) is 1.98. The summed E-state index contributed by atoms with van der Waals surface area (Å²) in [4.78, 5) is 10.7. The van der Waals surface area contributed by atoms with Crippen LogP contribution in [-0.4, -0.2) is 12.6 Å². The average molecular weight is 141 g/mol. The highest BCUT2D eigenvalue weighted by Gasteiger charge is 2.01. The maximum atomic E-state index is 10.7. The zero-order valence-corrected chi connectivity index (χ0v) is 5.96. The topological polar surface area (TPSA) is 52.3 Å². The molecule has 0 aliphatic heterocycles. The third-order valence-electron chi connectivity index (χ3n) is 0.904. The first-order valence-electron chi connectivity index (χ1n) is 2.89. The molecule has 0 aliphatic rings. The molecule has 0 fully saturated rings. The van der Waals surface area contributed by atoms with Gasteiger partial charge < -0.3 is 10.5 Å². The summed E-state index contributed by atoms with van der Waals surface area (Å²) in [6, 6.07) is 0. The maximum absolute atomic E-state index is 10.7. The van der Waals surface area contributed by atoms with Crippen molar-refractivity contribution in [3.05, 3.63) is 24.4 Å². The van der Waals surface area contributed by atoms with Crippen molar-refractivity contribution < 1.29 is 9.53 Å². The number of carbonyl (C=O) groups is 1. The van der Waals surface area contributed by atoms with E-state index in [0.717, 1.165) is 0 Å². The van der Waals surface area contributed by atoms with Gasteiger partial charge in [-0.25, -0.2) is 4.79 Å². The van der Waals surface area contributed by atoms with E-state index in [-0.39, 0.29) is 6.61 Å². The van der Waals surface area contributed by atoms with Crippen LogP contribution in [0.5, 0.6) is 0 Å². The molecule has 0 amide bonds. The summed E-state index contributed by atoms with van der Waals surface area (Å²) in [6.45, 7) is 5.20. The molecule has 0 unspecified atom stereocenters. The minimum atomic E-state index is -0.401. The summed E-state index contributed by atoms with van der Waals surface area (Å²) in [5.74, 6) is -0.401. The molecule has 0 atom stereocenters. The van der Waals surface area contributed by atoms with E-state index >= 15 is 0 Å². The van der Waals surface area contributed by atoms with Crippen molar-refractivity contribution in [2.45, 2.75) is 6.92 Å². The highest BCUT2D eigenvalue weighted by Crippen LogP contribution is 1.92. The molecular formula is C7H11NO2. The molecule has 0 aromatic rings. The summed E-state index contributed by atoms with van der Waals surface area (Å²) in [6.07, 6.45) is 2.72. The normalized spacial score (nSPS) is 10.7. The smallest absolute Gasteiger partial charge is 0.335 e. The zero-order chi connectivity index (χ0) is 7.98. The van der Waals surface area contributed by atoms with Crippen molar-refractivity contribution in [2.75, 3.05) is 6.61 Å². The Hall–Kier alpha value is -1.25. The Bertz CT molecular complexity index is 161. The van der Waals surface area contributed by atoms with Crippen LogP contribution in [0.15, 0.2) is 24.4 Å². The van der Waals surface area contributed by atoms with E-state index in [1.165, 1.54) is 12.3 Å². The molecule has 0 saturated heterocycles. The third kappa shape index (κ3) is 2.91. The van der Waals surface area contributed by atoms with E-state index in [0.29, 0.717) is 5.57 Å². The van der Waals surface area contributed by atoms with Crippen molar-refractivity contribution in [3.63, 3.8) is 0 Å². The number of ether oxygens (including phenoxy) is 1. The van der Waals surface area contributed by atoms with Crippen LogP contribution in [0.2, 0.25) is 0 Å². The van der Waals surface area contributed by atoms with Gasteiger partial charge >= 0.3 is 5.97 Å². The van der Waals surface area contributed by atoms with Gasteiger partial charge in [0.1, 0.15) is 6.61 Å². The standard InChI is InChI=1S/C7H11NO2/c1-3-4-10-7(9)6(2)5-8/h3,5H,1,4,8H2,2H3/b6-5+. The van der Waals surface area contributed by atoms with Gasteiger partial charge in [0.2, 0.25) is 0 Å². The second-order valence-electron chi connectivity index (χ2n) is 1.74. The first-order valence-corrected chi connectivity index (χ1v) is 2.89. The fourth-order valence-corrected chi connectivity index (χ4v) is 0.316. The number of nitrogens with two attached hydrogens (primary N) is 1. The molecule has 3 heteroatoms. The third-order valence-corrected chi connectivity index (χ3v) is 0.904. The summed E-state index contributed by atoms with van der Waals surface area (Å²) < 4.78 is 4.64. The Kier molecular flexibility index (Phi) is 4.04. The number of rotatable bonds is 3. The monoisotopic (exact) mass is 141 g/mol. The van der Waals surface area contributed by atoms with Gasteiger partial charge in [-0.05, 0) is 6.92 Å². The molecule has 2 N–H and O–H groups in total. The van der Waals surface area contributed by atoms with Crippen molar-refractivity contribution in [2.24, 2.45) is 5.73 Å².